The van der Waals surface area contributed by atoms with Crippen molar-refractivity contribution >= 4 is 8.07 Å². The van der Waals surface area contributed by atoms with Gasteiger partial charge in [0.05, 0.1) is 8.07 Å². The quantitative estimate of drug-likeness (QED) is 0.388. The average molecular weight is 409 g/mol. The van der Waals surface area contributed by atoms with Gasteiger partial charge in [0.1, 0.15) is 0 Å². The molecule has 0 heterocycles. The van der Waals surface area contributed by atoms with Gasteiger partial charge in [0.2, 0.25) is 0 Å². The van der Waals surface area contributed by atoms with Gasteiger partial charge in [0.15, 0.2) is 0 Å². The van der Waals surface area contributed by atoms with Crippen LogP contribution in [-0.2, 0) is 0 Å². The molecule has 4 aliphatic rings. The first-order chi connectivity index (χ1) is 13.9. The average Bonchev–Trinajstić information content (AvgIpc) is 3.15. The second-order valence-corrected chi connectivity index (χ2v) is 16.3. The largest absolute Gasteiger partial charge is 0.0808 e. The summed E-state index contributed by atoms with van der Waals surface area (Å²) in [5.41, 5.74) is 1.86. The van der Waals surface area contributed by atoms with Crippen LogP contribution >= 0.6 is 0 Å². The van der Waals surface area contributed by atoms with Crippen LogP contribution in [0.15, 0.2) is 48.6 Å². The third-order valence-corrected chi connectivity index (χ3v) is 15.0. The Morgan fingerprint density at radius 3 is 1.28 bits per heavy atom. The molecule has 2 saturated carbocycles. The molecular formula is C28H44Si. The number of fused-ring (bicyclic) bond motifs is 2. The topological polar surface area (TPSA) is 0 Å². The zero-order valence-electron chi connectivity index (χ0n) is 19.7. The summed E-state index contributed by atoms with van der Waals surface area (Å²) in [6.45, 7) is 15.6. The Kier molecular flexibility index (Phi) is 6.18. The smallest absolute Gasteiger partial charge is 0.0553 e. The van der Waals surface area contributed by atoms with E-state index in [4.69, 9.17) is 0 Å². The van der Waals surface area contributed by atoms with Crippen LogP contribution in [0.5, 0.6) is 0 Å². The minimum Gasteiger partial charge on any atom is -0.0808 e. The molecule has 4 aliphatic carbocycles. The van der Waals surface area contributed by atoms with E-state index in [0.29, 0.717) is 0 Å². The van der Waals surface area contributed by atoms with Gasteiger partial charge in [-0.25, -0.2) is 0 Å². The fourth-order valence-electron chi connectivity index (χ4n) is 8.94. The molecule has 0 N–H and O–H groups in total. The van der Waals surface area contributed by atoms with Crippen molar-refractivity contribution in [3.63, 3.8) is 0 Å². The zero-order valence-corrected chi connectivity index (χ0v) is 20.7. The van der Waals surface area contributed by atoms with Crippen molar-refractivity contribution in [3.8, 4) is 0 Å². The normalized spacial score (nSPS) is 45.6. The maximum Gasteiger partial charge on any atom is 0.0553 e. The highest BCUT2D eigenvalue weighted by Crippen LogP contribution is 2.65. The Morgan fingerprint density at radius 1 is 0.586 bits per heavy atom. The summed E-state index contributed by atoms with van der Waals surface area (Å²) in [7, 11) is -1.49. The van der Waals surface area contributed by atoms with Gasteiger partial charge in [0, 0.05) is 0 Å². The molecule has 0 aliphatic heterocycles. The highest BCUT2D eigenvalue weighted by Gasteiger charge is 2.60. The Labute approximate surface area is 181 Å². The Morgan fingerprint density at radius 2 is 0.931 bits per heavy atom. The van der Waals surface area contributed by atoms with Gasteiger partial charge in [-0.3, -0.25) is 0 Å². The highest BCUT2D eigenvalue weighted by atomic mass is 28.3. The monoisotopic (exact) mass is 408 g/mol. The molecular weight excluding hydrogens is 364 g/mol. The van der Waals surface area contributed by atoms with E-state index in [1.54, 1.807) is 0 Å². The molecule has 0 nitrogen and oxygen atoms in total. The minimum atomic E-state index is -1.49. The van der Waals surface area contributed by atoms with Crippen molar-refractivity contribution in [3.05, 3.63) is 48.6 Å². The van der Waals surface area contributed by atoms with Crippen LogP contribution in [0, 0.1) is 47.3 Å². The predicted octanol–water partition coefficient (Wildman–Crippen LogP) is 8.28. The second kappa shape index (κ2) is 8.37. The molecule has 160 valence electrons. The Balaban J connectivity index is 1.70. The summed E-state index contributed by atoms with van der Waals surface area (Å²) in [6, 6.07) is 0. The van der Waals surface area contributed by atoms with Crippen molar-refractivity contribution in [1.82, 2.24) is 0 Å². The van der Waals surface area contributed by atoms with Gasteiger partial charge >= 0.3 is 0 Å². The van der Waals surface area contributed by atoms with Gasteiger partial charge < -0.3 is 0 Å². The molecule has 0 radical (unpaired) electrons. The second-order valence-electron chi connectivity index (χ2n) is 11.3. The first kappa shape index (κ1) is 21.4. The lowest BCUT2D eigenvalue weighted by atomic mass is 9.82. The predicted molar refractivity (Wildman–Crippen MR) is 131 cm³/mol. The SMILES string of the molecule is CCCC1C(C)C([Si](C)(C)C2C(C)C(CCC)C3C=CC=CC32)C2C=CC=CC21. The van der Waals surface area contributed by atoms with E-state index in [-0.39, 0.29) is 0 Å². The maximum absolute atomic E-state index is 2.80. The van der Waals surface area contributed by atoms with Gasteiger partial charge in [-0.05, 0) is 71.3 Å². The van der Waals surface area contributed by atoms with Gasteiger partial charge in [-0.15, -0.1) is 0 Å². The van der Waals surface area contributed by atoms with Crippen LogP contribution in [0.3, 0.4) is 0 Å². The number of allylic oxidation sites excluding steroid dienone is 8. The standard InChI is InChI=1S/C28H44Si/c1-7-13-21-19(3)27(25-17-11-9-15-23(21)25)29(5,6)28-20(4)22(14-8-2)24-16-10-12-18-26(24)28/h9-12,15-28H,7-8,13-14H2,1-6H3. The molecule has 0 bridgehead atoms. The molecule has 2 fully saturated rings. The van der Waals surface area contributed by atoms with E-state index in [1.165, 1.54) is 25.7 Å². The van der Waals surface area contributed by atoms with Crippen molar-refractivity contribution < 1.29 is 0 Å². The highest BCUT2D eigenvalue weighted by molar-refractivity contribution is 6.80. The molecule has 0 aromatic heterocycles. The van der Waals surface area contributed by atoms with Gasteiger partial charge in [0.25, 0.3) is 0 Å². The van der Waals surface area contributed by atoms with Crippen LogP contribution in [0.25, 0.3) is 0 Å². The van der Waals surface area contributed by atoms with Crippen LogP contribution in [0.1, 0.15) is 53.4 Å². The Bertz CT molecular complexity index is 637. The summed E-state index contributed by atoms with van der Waals surface area (Å²) >= 11 is 0. The summed E-state index contributed by atoms with van der Waals surface area (Å²) in [5, 5.41) is 0. The lowest BCUT2D eigenvalue weighted by molar-refractivity contribution is 0.329. The Hall–Kier alpha value is -0.823. The molecule has 0 amide bonds. The number of hydrogen-bond donors (Lipinski definition) is 0. The zero-order chi connectivity index (χ0) is 20.8. The summed E-state index contributed by atoms with van der Waals surface area (Å²) in [5.74, 6) is 6.72. The molecule has 10 atom stereocenters. The van der Waals surface area contributed by atoms with Crippen molar-refractivity contribution in [1.29, 1.82) is 0 Å². The number of hydrogen-bond acceptors (Lipinski definition) is 0. The van der Waals surface area contributed by atoms with Crippen molar-refractivity contribution in [2.75, 3.05) is 0 Å². The number of rotatable bonds is 6. The van der Waals surface area contributed by atoms with E-state index >= 15 is 0 Å². The van der Waals surface area contributed by atoms with Crippen LogP contribution in [0.4, 0.5) is 0 Å². The maximum atomic E-state index is 2.80. The lowest BCUT2D eigenvalue weighted by Gasteiger charge is -2.45. The van der Waals surface area contributed by atoms with E-state index in [1.807, 2.05) is 0 Å². The molecule has 10 unspecified atom stereocenters. The molecule has 4 rings (SSSR count). The van der Waals surface area contributed by atoms with Crippen LogP contribution in [0.2, 0.25) is 24.2 Å². The van der Waals surface area contributed by atoms with Gasteiger partial charge in [-0.2, -0.15) is 0 Å². The van der Waals surface area contributed by atoms with E-state index in [9.17, 15) is 0 Å². The lowest BCUT2D eigenvalue weighted by Crippen LogP contribution is -2.46. The summed E-state index contributed by atoms with van der Waals surface area (Å²) in [6.07, 6.45) is 25.3. The molecule has 0 spiro atoms. The van der Waals surface area contributed by atoms with Crippen molar-refractivity contribution in [2.24, 2.45) is 47.3 Å². The third-order valence-electron chi connectivity index (χ3n) is 9.71. The van der Waals surface area contributed by atoms with Crippen LogP contribution < -0.4 is 0 Å². The molecule has 0 aromatic rings. The molecule has 0 saturated heterocycles. The first-order valence-corrected chi connectivity index (χ1v) is 15.8. The fraction of sp³-hybridized carbons (Fsp3) is 0.714. The van der Waals surface area contributed by atoms with E-state index in [2.05, 4.69) is 89.4 Å². The minimum absolute atomic E-state index is 0.798. The van der Waals surface area contributed by atoms with Gasteiger partial charge in [-0.1, -0.05) is 102 Å². The molecule has 0 aromatic carbocycles. The first-order valence-electron chi connectivity index (χ1n) is 12.6. The summed E-state index contributed by atoms with van der Waals surface area (Å²) < 4.78 is 0. The van der Waals surface area contributed by atoms with Crippen molar-refractivity contribution in [2.45, 2.75) is 77.6 Å². The molecule has 29 heavy (non-hydrogen) atoms. The third kappa shape index (κ3) is 3.40. The van der Waals surface area contributed by atoms with E-state index < -0.39 is 8.07 Å². The molecule has 1 heteroatoms. The van der Waals surface area contributed by atoms with Crippen LogP contribution in [-0.4, -0.2) is 8.07 Å². The van der Waals surface area contributed by atoms with E-state index in [0.717, 1.165) is 58.4 Å². The summed E-state index contributed by atoms with van der Waals surface area (Å²) in [4.78, 5) is 0. The fourth-order valence-corrected chi connectivity index (χ4v) is 15.2.